The minimum absolute atomic E-state index is 0.104. The average Bonchev–Trinajstić information content (AvgIpc) is 2.43. The molecule has 1 aliphatic heterocycles. The molecule has 1 N–H and O–H groups in total. The summed E-state index contributed by atoms with van der Waals surface area (Å²) < 4.78 is 23.9. The zero-order valence-corrected chi connectivity index (χ0v) is 7.83. The second-order valence-corrected chi connectivity index (χ2v) is 3.11. The van der Waals surface area contributed by atoms with Crippen molar-refractivity contribution in [1.29, 1.82) is 0 Å². The van der Waals surface area contributed by atoms with Crippen molar-refractivity contribution in [3.05, 3.63) is 23.5 Å². The molecule has 0 radical (unpaired) electrons. The van der Waals surface area contributed by atoms with Crippen molar-refractivity contribution in [3.8, 4) is 11.5 Å². The van der Waals surface area contributed by atoms with Gasteiger partial charge in [0, 0.05) is 6.42 Å². The zero-order valence-electron chi connectivity index (χ0n) is 7.83. The first-order valence-corrected chi connectivity index (χ1v) is 4.51. The van der Waals surface area contributed by atoms with Crippen LogP contribution in [0.25, 0.3) is 0 Å². The molecule has 0 saturated heterocycles. The normalized spacial score (nSPS) is 14.5. The minimum Gasteiger partial charge on any atom is -0.489 e. The van der Waals surface area contributed by atoms with Crippen molar-refractivity contribution in [3.63, 3.8) is 0 Å². The molecule has 1 aromatic rings. The number of aromatic carboxylic acids is 1. The van der Waals surface area contributed by atoms with Crippen LogP contribution in [0.4, 0.5) is 4.39 Å². The fourth-order valence-electron chi connectivity index (χ4n) is 1.37. The number of hydrogen-bond acceptors (Lipinski definition) is 3. The van der Waals surface area contributed by atoms with Crippen LogP contribution in [-0.4, -0.2) is 24.3 Å². The third-order valence-corrected chi connectivity index (χ3v) is 2.08. The lowest BCUT2D eigenvalue weighted by molar-refractivity contribution is 0.0690. The van der Waals surface area contributed by atoms with E-state index in [0.717, 1.165) is 0 Å². The molecule has 5 heteroatoms. The van der Waals surface area contributed by atoms with Crippen molar-refractivity contribution < 1.29 is 23.8 Å². The number of hydrogen-bond donors (Lipinski definition) is 1. The smallest absolute Gasteiger partial charge is 0.338 e. The van der Waals surface area contributed by atoms with Crippen LogP contribution in [-0.2, 0) is 0 Å². The first-order valence-electron chi connectivity index (χ1n) is 4.51. The van der Waals surface area contributed by atoms with Gasteiger partial charge in [-0.25, -0.2) is 9.18 Å². The minimum atomic E-state index is -1.32. The monoisotopic (exact) mass is 212 g/mol. The summed E-state index contributed by atoms with van der Waals surface area (Å²) in [5.74, 6) is -2.03. The van der Waals surface area contributed by atoms with E-state index in [1.165, 1.54) is 12.1 Å². The van der Waals surface area contributed by atoms with E-state index in [-0.39, 0.29) is 11.5 Å². The van der Waals surface area contributed by atoms with Crippen LogP contribution in [0.3, 0.4) is 0 Å². The van der Waals surface area contributed by atoms with Crippen LogP contribution in [0.5, 0.6) is 11.5 Å². The third kappa shape index (κ3) is 1.72. The fraction of sp³-hybridized carbons (Fsp3) is 0.300. The van der Waals surface area contributed by atoms with E-state index in [1.54, 1.807) is 0 Å². The third-order valence-electron chi connectivity index (χ3n) is 2.08. The molecule has 0 amide bonds. The maximum Gasteiger partial charge on any atom is 0.338 e. The highest BCUT2D eigenvalue weighted by atomic mass is 19.1. The van der Waals surface area contributed by atoms with Gasteiger partial charge in [0.1, 0.15) is 0 Å². The fourth-order valence-corrected chi connectivity index (χ4v) is 1.37. The molecule has 0 bridgehead atoms. The summed E-state index contributed by atoms with van der Waals surface area (Å²) in [7, 11) is 0. The first kappa shape index (κ1) is 9.76. The van der Waals surface area contributed by atoms with Gasteiger partial charge >= 0.3 is 5.97 Å². The van der Waals surface area contributed by atoms with E-state index in [9.17, 15) is 9.18 Å². The SMILES string of the molecule is O=C(O)c1ccc2c(c1F)OCCCO2. The summed E-state index contributed by atoms with van der Waals surface area (Å²) in [5.41, 5.74) is -0.403. The highest BCUT2D eigenvalue weighted by Gasteiger charge is 2.21. The van der Waals surface area contributed by atoms with E-state index in [1.807, 2.05) is 0 Å². The van der Waals surface area contributed by atoms with Crippen LogP contribution < -0.4 is 9.47 Å². The second-order valence-electron chi connectivity index (χ2n) is 3.11. The molecule has 1 heterocycles. The van der Waals surface area contributed by atoms with Gasteiger partial charge in [0.15, 0.2) is 17.3 Å². The molecule has 80 valence electrons. The number of fused-ring (bicyclic) bond motifs is 1. The number of rotatable bonds is 1. The number of carboxylic acid groups (broad SMARTS) is 1. The first-order chi connectivity index (χ1) is 7.20. The molecule has 4 nitrogen and oxygen atoms in total. The van der Waals surface area contributed by atoms with E-state index in [0.29, 0.717) is 19.6 Å². The van der Waals surface area contributed by atoms with Crippen molar-refractivity contribution in [2.75, 3.05) is 13.2 Å². The predicted molar refractivity (Wildman–Crippen MR) is 49.0 cm³/mol. The van der Waals surface area contributed by atoms with Crippen LogP contribution in [0, 0.1) is 5.82 Å². The molecule has 1 aliphatic rings. The maximum atomic E-state index is 13.6. The van der Waals surface area contributed by atoms with Gasteiger partial charge in [-0.15, -0.1) is 0 Å². The van der Waals surface area contributed by atoms with E-state index in [4.69, 9.17) is 14.6 Å². The van der Waals surface area contributed by atoms with Crippen LogP contribution in [0.2, 0.25) is 0 Å². The topological polar surface area (TPSA) is 55.8 Å². The van der Waals surface area contributed by atoms with Gasteiger partial charge in [-0.2, -0.15) is 0 Å². The van der Waals surface area contributed by atoms with E-state index < -0.39 is 17.3 Å². The summed E-state index contributed by atoms with van der Waals surface area (Å²) in [6.45, 7) is 0.770. The Morgan fingerprint density at radius 1 is 1.33 bits per heavy atom. The summed E-state index contributed by atoms with van der Waals surface area (Å²) in [4.78, 5) is 10.7. The molecule has 2 rings (SSSR count). The van der Waals surface area contributed by atoms with Crippen molar-refractivity contribution in [2.45, 2.75) is 6.42 Å². The van der Waals surface area contributed by atoms with E-state index in [2.05, 4.69) is 0 Å². The van der Waals surface area contributed by atoms with E-state index >= 15 is 0 Å². The average molecular weight is 212 g/mol. The predicted octanol–water partition coefficient (Wildman–Crippen LogP) is 1.69. The standard InChI is InChI=1S/C10H9FO4/c11-8-6(10(12)13)2-3-7-9(8)15-5-1-4-14-7/h2-3H,1,4-5H2,(H,12,13). The molecular weight excluding hydrogens is 203 g/mol. The van der Waals surface area contributed by atoms with Crippen molar-refractivity contribution in [2.24, 2.45) is 0 Å². The molecule has 0 saturated carbocycles. The Hall–Kier alpha value is -1.78. The molecular formula is C10H9FO4. The summed E-state index contributed by atoms with van der Waals surface area (Å²) in [6, 6.07) is 2.58. The van der Waals surface area contributed by atoms with Gasteiger partial charge in [-0.1, -0.05) is 0 Å². The molecule has 15 heavy (non-hydrogen) atoms. The van der Waals surface area contributed by atoms with Gasteiger partial charge in [-0.05, 0) is 12.1 Å². The highest BCUT2D eigenvalue weighted by Crippen LogP contribution is 2.34. The Labute approximate surface area is 85.2 Å². The van der Waals surface area contributed by atoms with Crippen LogP contribution in [0.1, 0.15) is 16.8 Å². The quantitative estimate of drug-likeness (QED) is 0.769. The number of halogens is 1. The number of benzene rings is 1. The Kier molecular flexibility index (Phi) is 2.45. The molecule has 0 fully saturated rings. The number of carbonyl (C=O) groups is 1. The second kappa shape index (κ2) is 3.76. The largest absolute Gasteiger partial charge is 0.489 e. The van der Waals surface area contributed by atoms with Gasteiger partial charge in [0.2, 0.25) is 0 Å². The highest BCUT2D eigenvalue weighted by molar-refractivity contribution is 5.89. The number of carboxylic acids is 1. The van der Waals surface area contributed by atoms with Gasteiger partial charge in [0.05, 0.1) is 18.8 Å². The molecule has 0 atom stereocenters. The Morgan fingerprint density at radius 2 is 2.07 bits per heavy atom. The lowest BCUT2D eigenvalue weighted by atomic mass is 10.2. The molecule has 0 unspecified atom stereocenters. The van der Waals surface area contributed by atoms with Gasteiger partial charge in [-0.3, -0.25) is 0 Å². The molecule has 0 spiro atoms. The molecule has 1 aromatic carbocycles. The maximum absolute atomic E-state index is 13.6. The Bertz CT molecular complexity index is 403. The van der Waals surface area contributed by atoms with Gasteiger partial charge in [0.25, 0.3) is 0 Å². The molecule has 0 aromatic heterocycles. The van der Waals surface area contributed by atoms with Crippen molar-refractivity contribution >= 4 is 5.97 Å². The van der Waals surface area contributed by atoms with Crippen molar-refractivity contribution in [1.82, 2.24) is 0 Å². The Balaban J connectivity index is 2.50. The van der Waals surface area contributed by atoms with Crippen LogP contribution in [0.15, 0.2) is 12.1 Å². The lowest BCUT2D eigenvalue weighted by Crippen LogP contribution is -2.04. The summed E-state index contributed by atoms with van der Waals surface area (Å²) >= 11 is 0. The van der Waals surface area contributed by atoms with Crippen LogP contribution >= 0.6 is 0 Å². The summed E-state index contributed by atoms with van der Waals surface area (Å²) in [5, 5.41) is 8.70. The van der Waals surface area contributed by atoms with Gasteiger partial charge < -0.3 is 14.6 Å². The number of ether oxygens (including phenoxy) is 2. The molecule has 0 aliphatic carbocycles. The lowest BCUT2D eigenvalue weighted by Gasteiger charge is -2.09. The Morgan fingerprint density at radius 3 is 2.80 bits per heavy atom. The zero-order chi connectivity index (χ0) is 10.8. The summed E-state index contributed by atoms with van der Waals surface area (Å²) in [6.07, 6.45) is 0.649.